The number of aliphatic hydroxyl groups is 9. The molecule has 5 rings (SSSR count). The van der Waals surface area contributed by atoms with Gasteiger partial charge in [-0.1, -0.05) is 108 Å². The summed E-state index contributed by atoms with van der Waals surface area (Å²) in [6.45, 7) is 2.13. The maximum atomic E-state index is 9.32. The van der Waals surface area contributed by atoms with Crippen LogP contribution in [0.4, 0.5) is 5.69 Å². The van der Waals surface area contributed by atoms with Crippen molar-refractivity contribution in [2.24, 2.45) is 0 Å². The molecule has 0 saturated heterocycles. The third kappa shape index (κ3) is 24.8. The summed E-state index contributed by atoms with van der Waals surface area (Å²) in [6.07, 6.45) is 12.9. The van der Waals surface area contributed by atoms with Gasteiger partial charge < -0.3 is 50.9 Å². The van der Waals surface area contributed by atoms with Crippen molar-refractivity contribution < 1.29 is 46.0 Å². The number of aryl methyl sites for hydroxylation is 3. The van der Waals surface area contributed by atoms with Crippen LogP contribution in [-0.2, 0) is 25.7 Å². The van der Waals surface area contributed by atoms with Gasteiger partial charge in [0.2, 0.25) is 0 Å². The molecule has 4 atom stereocenters. The summed E-state index contributed by atoms with van der Waals surface area (Å²) in [5.74, 6) is 0.0577. The number of nitrogens with zero attached hydrogens (tertiary/aromatic N) is 1. The second kappa shape index (κ2) is 41.3. The summed E-state index contributed by atoms with van der Waals surface area (Å²) in [5.41, 5.74) is 11.7. The Morgan fingerprint density at radius 2 is 0.705 bits per heavy atom. The van der Waals surface area contributed by atoms with Crippen molar-refractivity contribution in [3.63, 3.8) is 0 Å². The number of halogens is 6. The molecule has 0 heterocycles. The first-order valence-corrected chi connectivity index (χ1v) is 30.0. The van der Waals surface area contributed by atoms with E-state index < -0.39 is 0 Å². The van der Waals surface area contributed by atoms with Crippen molar-refractivity contribution in [1.29, 1.82) is 0 Å². The van der Waals surface area contributed by atoms with Crippen LogP contribution < -0.4 is 4.90 Å². The molecule has 4 unspecified atom stereocenters. The Labute approximate surface area is 494 Å². The molecule has 434 valence electrons. The lowest BCUT2D eigenvalue weighted by molar-refractivity contribution is 0.281. The Balaban J connectivity index is 0.000000313. The minimum atomic E-state index is -0.209. The van der Waals surface area contributed by atoms with Crippen LogP contribution in [0.5, 0.6) is 0 Å². The van der Waals surface area contributed by atoms with E-state index in [-0.39, 0.29) is 81.5 Å². The van der Waals surface area contributed by atoms with Crippen LogP contribution in [0.1, 0.15) is 161 Å². The van der Waals surface area contributed by atoms with Crippen molar-refractivity contribution in [2.45, 2.75) is 131 Å². The van der Waals surface area contributed by atoms with E-state index in [0.717, 1.165) is 131 Å². The highest BCUT2D eigenvalue weighted by Gasteiger charge is 2.20. The van der Waals surface area contributed by atoms with E-state index in [9.17, 15) is 10.2 Å². The highest BCUT2D eigenvalue weighted by Crippen LogP contribution is 2.38. The number of benzene rings is 5. The first-order chi connectivity index (χ1) is 37.8. The van der Waals surface area contributed by atoms with Crippen LogP contribution in [-0.4, -0.2) is 119 Å². The minimum Gasteiger partial charge on any atom is -0.396 e. The van der Waals surface area contributed by atoms with Gasteiger partial charge in [0.05, 0.1) is 29.3 Å². The summed E-state index contributed by atoms with van der Waals surface area (Å²) < 4.78 is 0. The fourth-order valence-corrected chi connectivity index (χ4v) is 10.8. The van der Waals surface area contributed by atoms with E-state index >= 15 is 0 Å². The summed E-state index contributed by atoms with van der Waals surface area (Å²) in [6, 6.07) is 32.9. The third-order valence-electron chi connectivity index (χ3n) is 13.4. The number of unbranched alkanes of at least 4 members (excludes halogenated alkanes) is 3. The van der Waals surface area contributed by atoms with Crippen LogP contribution in [0.2, 0.25) is 15.1 Å². The predicted octanol–water partition coefficient (Wildman–Crippen LogP) is 13.0. The summed E-state index contributed by atoms with van der Waals surface area (Å²) in [7, 11) is 0. The number of aliphatic hydroxyl groups excluding tert-OH is 9. The Morgan fingerprint density at radius 3 is 1.08 bits per heavy atom. The van der Waals surface area contributed by atoms with Gasteiger partial charge in [0.15, 0.2) is 0 Å². The Morgan fingerprint density at radius 1 is 0.346 bits per heavy atom. The quantitative estimate of drug-likeness (QED) is 0.0107. The fraction of sp³-hybridized carbons (Fsp3) is 0.516. The number of alkyl halides is 3. The SMILES string of the molecule is OCCCC(Cl)c1cc(C(Cl)CCCO)cc(C(Cl)CCCO)c1.OCCCCc1cc(CCCCO)c(Cl)c(CCCCO)c1Cl.OCCCc1ccc(C(c2ccc(Cl)cc2)c2ccc(N(CCO)CCO)cc2)cc1. The van der Waals surface area contributed by atoms with Crippen molar-refractivity contribution in [3.8, 4) is 0 Å². The van der Waals surface area contributed by atoms with Gasteiger partial charge in [-0.3, -0.25) is 0 Å². The average molecular weight is 1200 g/mol. The molecule has 78 heavy (non-hydrogen) atoms. The molecule has 0 aromatic heterocycles. The van der Waals surface area contributed by atoms with Gasteiger partial charge in [-0.2, -0.15) is 0 Å². The normalized spacial score (nSPS) is 12.8. The smallest absolute Gasteiger partial charge is 0.0606 e. The Kier molecular flexibility index (Phi) is 36.8. The van der Waals surface area contributed by atoms with Crippen LogP contribution in [0.15, 0.2) is 97.1 Å². The van der Waals surface area contributed by atoms with Crippen molar-refractivity contribution in [3.05, 3.63) is 168 Å². The molecule has 5 aromatic rings. The molecule has 0 fully saturated rings. The van der Waals surface area contributed by atoms with Gasteiger partial charge >= 0.3 is 0 Å². The van der Waals surface area contributed by atoms with E-state index in [1.54, 1.807) is 0 Å². The number of hydrogen-bond acceptors (Lipinski definition) is 10. The van der Waals surface area contributed by atoms with E-state index in [2.05, 4.69) is 54.6 Å². The summed E-state index contributed by atoms with van der Waals surface area (Å²) in [5, 5.41) is 83.1. The Hall–Kier alpha value is -2.72. The number of rotatable bonds is 35. The lowest BCUT2D eigenvalue weighted by Crippen LogP contribution is -2.29. The largest absolute Gasteiger partial charge is 0.396 e. The van der Waals surface area contributed by atoms with Crippen molar-refractivity contribution in [1.82, 2.24) is 0 Å². The zero-order valence-corrected chi connectivity index (χ0v) is 49.6. The van der Waals surface area contributed by atoms with Crippen LogP contribution in [0, 0.1) is 0 Å². The van der Waals surface area contributed by atoms with Gasteiger partial charge in [0, 0.05) is 86.0 Å². The second-order valence-corrected chi connectivity index (χ2v) is 22.1. The highest BCUT2D eigenvalue weighted by molar-refractivity contribution is 6.37. The van der Waals surface area contributed by atoms with Crippen molar-refractivity contribution >= 4 is 75.3 Å². The van der Waals surface area contributed by atoms with Crippen molar-refractivity contribution in [2.75, 3.05) is 77.5 Å². The van der Waals surface area contributed by atoms with Crippen LogP contribution in [0.3, 0.4) is 0 Å². The zero-order valence-electron chi connectivity index (χ0n) is 45.1. The maximum absolute atomic E-state index is 9.32. The van der Waals surface area contributed by atoms with E-state index in [1.165, 1.54) is 11.1 Å². The van der Waals surface area contributed by atoms with E-state index in [4.69, 9.17) is 105 Å². The fourth-order valence-electron chi connectivity index (χ4n) is 9.11. The third-order valence-corrected chi connectivity index (χ3v) is 16.0. The molecule has 0 aliphatic carbocycles. The first-order valence-electron chi connectivity index (χ1n) is 27.6. The molecule has 10 nitrogen and oxygen atoms in total. The minimum absolute atomic E-state index is 0.0395. The average Bonchev–Trinajstić information content (AvgIpc) is 3.47. The molecule has 0 aliphatic rings. The molecule has 0 amide bonds. The topological polar surface area (TPSA) is 185 Å². The number of hydrogen-bond donors (Lipinski definition) is 9. The molecule has 5 aromatic carbocycles. The lowest BCUT2D eigenvalue weighted by atomic mass is 9.84. The molecular formula is C62H85Cl6NO9. The van der Waals surface area contributed by atoms with Gasteiger partial charge in [-0.25, -0.2) is 0 Å². The van der Waals surface area contributed by atoms with Crippen LogP contribution >= 0.6 is 69.6 Å². The Bertz CT molecular complexity index is 2230. The molecule has 0 aliphatic heterocycles. The van der Waals surface area contributed by atoms with Gasteiger partial charge in [0.25, 0.3) is 0 Å². The summed E-state index contributed by atoms with van der Waals surface area (Å²) >= 11 is 38.6. The number of anilines is 1. The van der Waals surface area contributed by atoms with E-state index in [0.29, 0.717) is 56.6 Å². The molecule has 0 bridgehead atoms. The first kappa shape index (κ1) is 69.5. The molecule has 0 spiro atoms. The van der Waals surface area contributed by atoms with Gasteiger partial charge in [-0.05, 0) is 189 Å². The maximum Gasteiger partial charge on any atom is 0.0606 e. The highest BCUT2D eigenvalue weighted by atomic mass is 35.5. The van der Waals surface area contributed by atoms with E-state index in [1.807, 2.05) is 47.4 Å². The molecule has 9 N–H and O–H groups in total. The van der Waals surface area contributed by atoms with Crippen LogP contribution in [0.25, 0.3) is 0 Å². The second-order valence-electron chi connectivity index (χ2n) is 19.4. The molecular weight excluding hydrogens is 1120 g/mol. The monoisotopic (exact) mass is 1200 g/mol. The summed E-state index contributed by atoms with van der Waals surface area (Å²) in [4.78, 5) is 1.97. The standard InChI is InChI=1S/C26H30ClNO3.C18H27Cl3O3.C18H28Cl2O3/c27-24-11-7-22(8-12-24)26(21-5-3-20(4-6-21)2-1-17-29)23-9-13-25(14-10-23)28(15-18-30)16-19-31;19-16(4-1-7-22)13-10-14(17(20)5-2-8-23)12-15(11-13)18(21)6-3-9-24;19-17-14(7-1-4-10-21)13-15(8-2-5-11-22)18(20)16(17)9-3-6-12-23/h3-14,26,29-31H,1-2,15-19H2;10-12,16-18,22-24H,1-9H2;13,21-23H,1-12H2. The predicted molar refractivity (Wildman–Crippen MR) is 325 cm³/mol. The van der Waals surface area contributed by atoms with Gasteiger partial charge in [-0.15, -0.1) is 34.8 Å². The molecule has 16 heteroatoms. The molecule has 0 radical (unpaired) electrons. The van der Waals surface area contributed by atoms with Gasteiger partial charge in [0.1, 0.15) is 0 Å². The lowest BCUT2D eigenvalue weighted by Gasteiger charge is -2.24. The zero-order chi connectivity index (χ0) is 57.1. The molecule has 0 saturated carbocycles.